The maximum atomic E-state index is 8.63. The molecule has 11 heavy (non-hydrogen) atoms. The SMILES string of the molecule is O=C([O-])O.O=S(=O)([O-])O.[Na+].[Na+]. The van der Waals surface area contributed by atoms with Crippen molar-refractivity contribution in [2.75, 3.05) is 0 Å². The molecule has 0 radical (unpaired) electrons. The van der Waals surface area contributed by atoms with E-state index in [2.05, 4.69) is 0 Å². The molecule has 0 aliphatic carbocycles. The minimum Gasteiger partial charge on any atom is -0.726 e. The van der Waals surface area contributed by atoms with Crippen LogP contribution in [0.4, 0.5) is 4.79 Å². The van der Waals surface area contributed by atoms with Gasteiger partial charge in [0.2, 0.25) is 16.6 Å². The fraction of sp³-hybridized carbons (Fsp3) is 0. The Bertz CT molecular complexity index is 159. The Morgan fingerprint density at radius 1 is 1.27 bits per heavy atom. The molecule has 0 saturated heterocycles. The van der Waals surface area contributed by atoms with Crippen molar-refractivity contribution in [2.45, 2.75) is 0 Å². The molecule has 0 aliphatic rings. The van der Waals surface area contributed by atoms with E-state index in [1.165, 1.54) is 0 Å². The van der Waals surface area contributed by atoms with Crippen molar-refractivity contribution < 1.29 is 91.6 Å². The number of hydrogen-bond acceptors (Lipinski definition) is 5. The van der Waals surface area contributed by atoms with E-state index in [9.17, 15) is 0 Å². The third-order valence-corrected chi connectivity index (χ3v) is 0. The molecule has 2 N–H and O–H groups in total. The van der Waals surface area contributed by atoms with E-state index in [1.807, 2.05) is 0 Å². The van der Waals surface area contributed by atoms with E-state index >= 15 is 0 Å². The molecule has 0 rings (SSSR count). The maximum absolute atomic E-state index is 8.63. The normalized spacial score (nSPS) is 7.45. The molecule has 10 heteroatoms. The van der Waals surface area contributed by atoms with Crippen LogP contribution >= 0.6 is 0 Å². The summed E-state index contributed by atoms with van der Waals surface area (Å²) < 4.78 is 32.8. The van der Waals surface area contributed by atoms with Crippen LogP contribution in [-0.2, 0) is 10.4 Å². The average molecular weight is 204 g/mol. The van der Waals surface area contributed by atoms with Gasteiger partial charge in [-0.05, 0) is 0 Å². The molecule has 0 aromatic carbocycles. The van der Waals surface area contributed by atoms with Gasteiger partial charge in [-0.2, -0.15) is 0 Å². The second-order valence-corrected chi connectivity index (χ2v) is 1.55. The minimum atomic E-state index is -4.92. The summed E-state index contributed by atoms with van der Waals surface area (Å²) in [6.07, 6.45) is -2.08. The first kappa shape index (κ1) is 22.7. The average Bonchev–Trinajstić information content (AvgIpc) is 1.19. The first-order chi connectivity index (χ1) is 3.73. The van der Waals surface area contributed by atoms with Crippen LogP contribution in [0, 0.1) is 0 Å². The summed E-state index contributed by atoms with van der Waals surface area (Å²) in [5, 5.41) is 15.3. The Hall–Kier alpha value is 1.14. The zero-order valence-corrected chi connectivity index (χ0v) is 10.7. The van der Waals surface area contributed by atoms with E-state index in [0.717, 1.165) is 0 Å². The Morgan fingerprint density at radius 2 is 1.27 bits per heavy atom. The van der Waals surface area contributed by atoms with Gasteiger partial charge < -0.3 is 19.6 Å². The van der Waals surface area contributed by atoms with Crippen molar-refractivity contribution in [1.29, 1.82) is 0 Å². The number of rotatable bonds is 0. The van der Waals surface area contributed by atoms with Gasteiger partial charge in [0.05, 0.1) is 0 Å². The zero-order valence-electron chi connectivity index (χ0n) is 5.84. The largest absolute Gasteiger partial charge is 1.00 e. The molecule has 0 atom stereocenters. The molecule has 0 aliphatic heterocycles. The summed E-state index contributed by atoms with van der Waals surface area (Å²) in [4.78, 5) is 8.44. The van der Waals surface area contributed by atoms with Gasteiger partial charge in [0, 0.05) is 0 Å². The van der Waals surface area contributed by atoms with Crippen molar-refractivity contribution in [3.63, 3.8) is 0 Å². The van der Waals surface area contributed by atoms with Crippen LogP contribution in [0.1, 0.15) is 0 Å². The molecule has 0 unspecified atom stereocenters. The third-order valence-electron chi connectivity index (χ3n) is 0. The molecule has 0 aromatic rings. The Kier molecular flexibility index (Phi) is 23.0. The molecule has 0 heterocycles. The summed E-state index contributed by atoms with van der Waals surface area (Å²) in [6.45, 7) is 0. The van der Waals surface area contributed by atoms with Gasteiger partial charge in [-0.15, -0.1) is 0 Å². The molecule has 0 fully saturated rings. The standard InChI is InChI=1S/CH2O3.2Na.H2O4S/c2-1(3)4;;;1-5(2,3)4/h(H2,2,3,4);;;(H2,1,2,3,4)/q;2*+1;/p-2. The minimum absolute atomic E-state index is 0. The van der Waals surface area contributed by atoms with Crippen LogP contribution in [0.15, 0.2) is 0 Å². The van der Waals surface area contributed by atoms with Crippen LogP contribution in [-0.4, -0.2) is 28.8 Å². The van der Waals surface area contributed by atoms with Gasteiger partial charge in [0.15, 0.2) is 0 Å². The van der Waals surface area contributed by atoms with E-state index in [0.29, 0.717) is 0 Å². The first-order valence-corrected chi connectivity index (χ1v) is 2.68. The predicted octanol–water partition coefficient (Wildman–Crippen LogP) is -8.10. The number of hydrogen-bond donors (Lipinski definition) is 2. The van der Waals surface area contributed by atoms with Gasteiger partial charge in [0.25, 0.3) is 0 Å². The second kappa shape index (κ2) is 11.1. The van der Waals surface area contributed by atoms with Gasteiger partial charge in [0.1, 0.15) is 0 Å². The molecule has 7 nitrogen and oxygen atoms in total. The number of carbonyl (C=O) groups is 1. The van der Waals surface area contributed by atoms with Gasteiger partial charge in [-0.25, -0.2) is 8.42 Å². The molecule has 0 aromatic heterocycles. The van der Waals surface area contributed by atoms with E-state index in [4.69, 9.17) is 32.5 Å². The van der Waals surface area contributed by atoms with E-state index in [-0.39, 0.29) is 59.1 Å². The maximum Gasteiger partial charge on any atom is 1.00 e. The summed E-state index contributed by atoms with van der Waals surface area (Å²) in [5.74, 6) is 0. The van der Waals surface area contributed by atoms with Crippen LogP contribution in [0.25, 0.3) is 0 Å². The van der Waals surface area contributed by atoms with Crippen molar-refractivity contribution in [3.05, 3.63) is 0 Å². The van der Waals surface area contributed by atoms with Crippen molar-refractivity contribution in [1.82, 2.24) is 0 Å². The molecule has 0 bridgehead atoms. The summed E-state index contributed by atoms with van der Waals surface area (Å²) in [7, 11) is -4.92. The van der Waals surface area contributed by atoms with Crippen molar-refractivity contribution in [3.8, 4) is 0 Å². The Morgan fingerprint density at radius 3 is 1.27 bits per heavy atom. The Labute approximate surface area is 107 Å². The molecule has 0 saturated carbocycles. The van der Waals surface area contributed by atoms with Crippen molar-refractivity contribution >= 4 is 16.6 Å². The number of carboxylic acid groups (broad SMARTS) is 2. The first-order valence-electron chi connectivity index (χ1n) is 1.31. The quantitative estimate of drug-likeness (QED) is 0.227. The second-order valence-electron chi connectivity index (χ2n) is 0.694. The summed E-state index contributed by atoms with van der Waals surface area (Å²) >= 11 is 0. The fourth-order valence-corrected chi connectivity index (χ4v) is 0. The molecular formula is CH2Na2O7S. The molecular weight excluding hydrogens is 202 g/mol. The van der Waals surface area contributed by atoms with E-state index in [1.54, 1.807) is 0 Å². The summed E-state index contributed by atoms with van der Waals surface area (Å²) in [6, 6.07) is 0. The zero-order chi connectivity index (χ0) is 8.08. The smallest absolute Gasteiger partial charge is 0.726 e. The van der Waals surface area contributed by atoms with Crippen LogP contribution < -0.4 is 64.2 Å². The molecule has 0 spiro atoms. The Balaban J connectivity index is -0.0000000383. The van der Waals surface area contributed by atoms with Crippen LogP contribution in [0.2, 0.25) is 0 Å². The predicted molar refractivity (Wildman–Crippen MR) is 20.4 cm³/mol. The topological polar surface area (TPSA) is 138 Å². The van der Waals surface area contributed by atoms with Crippen LogP contribution in [0.5, 0.6) is 0 Å². The fourth-order valence-electron chi connectivity index (χ4n) is 0. The third kappa shape index (κ3) is 716. The van der Waals surface area contributed by atoms with Gasteiger partial charge in [-0.3, -0.25) is 4.55 Å². The van der Waals surface area contributed by atoms with Gasteiger partial charge >= 0.3 is 59.1 Å². The van der Waals surface area contributed by atoms with Crippen LogP contribution in [0.3, 0.4) is 0 Å². The van der Waals surface area contributed by atoms with E-state index < -0.39 is 16.6 Å². The van der Waals surface area contributed by atoms with Gasteiger partial charge in [-0.1, -0.05) is 0 Å². The molecule has 0 amide bonds. The molecule has 56 valence electrons. The summed E-state index contributed by atoms with van der Waals surface area (Å²) in [5.41, 5.74) is 0. The van der Waals surface area contributed by atoms with Crippen molar-refractivity contribution in [2.24, 2.45) is 0 Å². The monoisotopic (exact) mass is 204 g/mol.